The van der Waals surface area contributed by atoms with Gasteiger partial charge in [0.05, 0.1) is 0 Å². The van der Waals surface area contributed by atoms with Gasteiger partial charge in [0.1, 0.15) is 64.2 Å². The van der Waals surface area contributed by atoms with Crippen LogP contribution in [-0.2, 0) is 0 Å². The highest BCUT2D eigenvalue weighted by Crippen LogP contribution is 2.41. The van der Waals surface area contributed by atoms with Crippen molar-refractivity contribution in [2.45, 2.75) is 0 Å². The summed E-state index contributed by atoms with van der Waals surface area (Å²) in [6.07, 6.45) is -7.22. The van der Waals surface area contributed by atoms with E-state index >= 15 is 35.1 Å². The summed E-state index contributed by atoms with van der Waals surface area (Å²) in [5, 5.41) is 14.6. The number of rotatable bonds is 8. The molecule has 2 heterocycles. The van der Waals surface area contributed by atoms with E-state index in [-0.39, 0.29) is 0 Å². The molecule has 0 spiro atoms. The highest BCUT2D eigenvalue weighted by Gasteiger charge is 2.52. The second kappa shape index (κ2) is 22.8. The van der Waals surface area contributed by atoms with Gasteiger partial charge in [0, 0.05) is 23.3 Å². The monoisotopic (exact) mass is 1390 g/mol. The highest BCUT2D eigenvalue weighted by molar-refractivity contribution is 7.20. The number of fused-ring (bicyclic) bond motifs is 6. The van der Waals surface area contributed by atoms with Crippen molar-refractivity contribution in [3.05, 3.63) is 282 Å². The number of furan rings is 2. The maximum atomic E-state index is 15.4. The Balaban J connectivity index is 0.000000168. The number of halogens is 21. The molecule has 2 aromatic heterocycles. The lowest BCUT2D eigenvalue weighted by Gasteiger charge is -2.44. The first-order chi connectivity index (χ1) is 43.9. The van der Waals surface area contributed by atoms with Gasteiger partial charge in [0.25, 0.3) is 0 Å². The molecule has 0 atom stereocenters. The second-order valence-corrected chi connectivity index (χ2v) is 23.6. The highest BCUT2D eigenvalue weighted by atomic mass is 127. The van der Waals surface area contributed by atoms with Crippen molar-refractivity contribution in [3.63, 3.8) is 0 Å². The van der Waals surface area contributed by atoms with Crippen molar-refractivity contribution < 1.29 is 118 Å². The zero-order valence-electron chi connectivity index (χ0n) is 45.3. The van der Waals surface area contributed by atoms with E-state index in [0.717, 1.165) is 30.2 Å². The van der Waals surface area contributed by atoms with Crippen LogP contribution in [0.15, 0.2) is 167 Å². The Morgan fingerprint density at radius 3 is 0.728 bits per heavy atom. The fourth-order valence-corrected chi connectivity index (χ4v) is 13.9. The van der Waals surface area contributed by atoms with Crippen LogP contribution in [0.2, 0.25) is 0 Å². The molecule has 0 aliphatic heterocycles. The molecule has 0 aliphatic rings. The van der Waals surface area contributed by atoms with Gasteiger partial charge in [-0.2, -0.15) is 0 Å². The van der Waals surface area contributed by atoms with Crippen LogP contribution in [0.5, 0.6) is 0 Å². The van der Waals surface area contributed by atoms with Crippen molar-refractivity contribution in [2.24, 2.45) is 0 Å². The first-order valence-electron chi connectivity index (χ1n) is 26.7. The summed E-state index contributed by atoms with van der Waals surface area (Å²) in [6, 6.07) is 56.7. The van der Waals surface area contributed by atoms with Gasteiger partial charge in [-0.1, -0.05) is 97.1 Å². The van der Waals surface area contributed by atoms with E-state index < -0.39 is 166 Å². The molecule has 0 N–H and O–H groups in total. The molecule has 0 amide bonds. The number of benzene rings is 12. The Morgan fingerprint density at radius 1 is 0.217 bits per heavy atom. The first kappa shape index (κ1) is 61.0. The molecular formula is C68H26BF20IO2. The molecular weight excluding hydrogens is 1370 g/mol. The Hall–Kier alpha value is -9.85. The second-order valence-electron chi connectivity index (χ2n) is 20.9. The normalized spacial score (nSPS) is 12.0. The molecule has 460 valence electrons. The van der Waals surface area contributed by atoms with Crippen molar-refractivity contribution in [1.29, 1.82) is 0 Å². The molecule has 14 rings (SSSR count). The summed E-state index contributed by atoms with van der Waals surface area (Å²) in [6.45, 7) is 0. The van der Waals surface area contributed by atoms with E-state index in [1.165, 1.54) is 64.6 Å². The van der Waals surface area contributed by atoms with E-state index in [4.69, 9.17) is 8.83 Å². The average molecular weight is 1390 g/mol. The summed E-state index contributed by atoms with van der Waals surface area (Å²) in [7, 11) is 0. The molecule has 0 radical (unpaired) electrons. The van der Waals surface area contributed by atoms with Gasteiger partial charge >= 0.3 is 28.7 Å². The maximum Gasteiger partial charge on any atom is 0.443 e. The molecule has 24 heteroatoms. The average Bonchev–Trinajstić information content (AvgIpc) is 0.731. The van der Waals surface area contributed by atoms with Gasteiger partial charge < -0.3 is 8.83 Å². The quantitative estimate of drug-likeness (QED) is 0.0378. The van der Waals surface area contributed by atoms with Gasteiger partial charge in [-0.25, -0.2) is 87.8 Å². The van der Waals surface area contributed by atoms with Crippen LogP contribution in [0, 0.1) is 124 Å². The minimum absolute atomic E-state index is 0.681. The summed E-state index contributed by atoms with van der Waals surface area (Å²) in [5.74, 6) is -69.6. The SMILES string of the molecule is Fc1c(F)c(F)c([B-](c2c(F)c(F)c(F)c(F)c2F)(c2c(F)c(F)c(F)c(F)c2F)c2c(F)c(F)c(F)c(F)c2F)c(F)c1F.c1ccc2cc3c(-c4ccc([I+]c5ccc(-c6c7ccccc7cc7cc8ccccc8cc67)o5)o4)c4ccccc4cc3cc2c1. The standard InChI is InChI=1S/C44H26IO2.C24BF20/c1-3-11-29-25-37-33(21-27(29)9-1)23-31-13-5-7-15-35(31)43(37)39-17-19-41(46-39)45-42-20-18-40(47-42)44-36-16-8-6-14-32(36)24-34-22-28-10-2-4-12-30(28)26-38(34)44;26-5-1(6(27)14(35)21(42)13(5)34)25(2-7(28)15(36)22(43)16(37)8(2)29,3-9(30)17(38)23(44)18(39)10(3)31)4-11(32)19(40)24(45)20(41)12(4)33/h1-26H;/q+1;-1. The largest absolute Gasteiger partial charge is 0.443 e. The fraction of sp³-hybridized carbons (Fsp3) is 0. The van der Waals surface area contributed by atoms with Crippen molar-refractivity contribution in [3.8, 4) is 22.6 Å². The van der Waals surface area contributed by atoms with Crippen LogP contribution < -0.4 is 43.1 Å². The topological polar surface area (TPSA) is 26.3 Å². The Labute approximate surface area is 512 Å². The zero-order chi connectivity index (χ0) is 65.3. The molecule has 0 bridgehead atoms. The van der Waals surface area contributed by atoms with Crippen molar-refractivity contribution in [2.75, 3.05) is 0 Å². The van der Waals surface area contributed by atoms with Gasteiger partial charge in [-0.05, 0) is 113 Å². The van der Waals surface area contributed by atoms with Crippen molar-refractivity contribution in [1.82, 2.24) is 0 Å². The van der Waals surface area contributed by atoms with Crippen LogP contribution in [-0.4, -0.2) is 6.15 Å². The first-order valence-corrected chi connectivity index (χ1v) is 28.9. The van der Waals surface area contributed by atoms with E-state index in [9.17, 15) is 52.7 Å². The minimum Gasteiger partial charge on any atom is -0.418 e. The molecule has 0 aliphatic carbocycles. The predicted molar refractivity (Wildman–Crippen MR) is 300 cm³/mol. The molecule has 12 aromatic carbocycles. The smallest absolute Gasteiger partial charge is 0.418 e. The van der Waals surface area contributed by atoms with Crippen LogP contribution in [0.1, 0.15) is 0 Å². The molecule has 0 fully saturated rings. The lowest BCUT2D eigenvalue weighted by atomic mass is 9.12. The molecule has 0 saturated heterocycles. The summed E-state index contributed by atoms with van der Waals surface area (Å²) < 4.78 is 309. The number of hydrogen-bond acceptors (Lipinski definition) is 2. The zero-order valence-corrected chi connectivity index (χ0v) is 47.5. The van der Waals surface area contributed by atoms with Crippen LogP contribution >= 0.6 is 0 Å². The summed E-state index contributed by atoms with van der Waals surface area (Å²) in [4.78, 5) is 0. The lowest BCUT2D eigenvalue weighted by molar-refractivity contribution is -0.635. The lowest BCUT2D eigenvalue weighted by Crippen LogP contribution is -3.61. The Bertz CT molecular complexity index is 4890. The van der Waals surface area contributed by atoms with Gasteiger partial charge in [-0.15, -0.1) is 21.9 Å². The predicted octanol–water partition coefficient (Wildman–Crippen LogP) is 15.1. The fourth-order valence-electron chi connectivity index (χ4n) is 12.0. The van der Waals surface area contributed by atoms with Crippen molar-refractivity contribution >= 4 is 92.6 Å². The molecule has 92 heavy (non-hydrogen) atoms. The van der Waals surface area contributed by atoms with Gasteiger partial charge in [0.15, 0.2) is 69.8 Å². The third-order valence-electron chi connectivity index (χ3n) is 16.0. The van der Waals surface area contributed by atoms with E-state index in [0.29, 0.717) is 0 Å². The molecule has 0 unspecified atom stereocenters. The Morgan fingerprint density at radius 2 is 0.446 bits per heavy atom. The Kier molecular flexibility index (Phi) is 15.1. The van der Waals surface area contributed by atoms with E-state index in [1.807, 2.05) is 0 Å². The van der Waals surface area contributed by atoms with Gasteiger partial charge in [-0.3, -0.25) is 0 Å². The molecule has 0 saturated carbocycles. The van der Waals surface area contributed by atoms with Crippen LogP contribution in [0.4, 0.5) is 87.8 Å². The number of hydrogen-bond donors (Lipinski definition) is 0. The van der Waals surface area contributed by atoms with Crippen LogP contribution in [0.3, 0.4) is 0 Å². The third-order valence-corrected chi connectivity index (χ3v) is 18.2. The van der Waals surface area contributed by atoms with E-state index in [2.05, 4.69) is 158 Å². The molecule has 14 aromatic rings. The third kappa shape index (κ3) is 9.32. The van der Waals surface area contributed by atoms with Gasteiger partial charge in [0.2, 0.25) is 0 Å². The molecule has 2 nitrogen and oxygen atoms in total. The van der Waals surface area contributed by atoms with E-state index in [1.54, 1.807) is 0 Å². The maximum absolute atomic E-state index is 15.4. The van der Waals surface area contributed by atoms with Crippen LogP contribution in [0.25, 0.3) is 87.3 Å². The summed E-state index contributed by atoms with van der Waals surface area (Å²) >= 11 is -0.681. The minimum atomic E-state index is -7.22. The summed E-state index contributed by atoms with van der Waals surface area (Å²) in [5.41, 5.74) is -12.0.